The van der Waals surface area contributed by atoms with E-state index in [2.05, 4.69) is 20.6 Å². The lowest BCUT2D eigenvalue weighted by molar-refractivity contribution is -0.129. The fourth-order valence-corrected chi connectivity index (χ4v) is 2.58. The predicted molar refractivity (Wildman–Crippen MR) is 108 cm³/mol. The van der Waals surface area contributed by atoms with Gasteiger partial charge in [0.1, 0.15) is 0 Å². The van der Waals surface area contributed by atoms with Gasteiger partial charge in [-0.05, 0) is 31.9 Å². The Labute approximate surface area is 161 Å². The number of rotatable bonds is 7. The van der Waals surface area contributed by atoms with Gasteiger partial charge in [0.05, 0.1) is 6.54 Å². The standard InChI is InChI=1S/C17H27N5O.HI/c1-2-18-17(20-11-8-15-7-3-4-10-19-15)21-12-9-16(23)22-13-5-6-14-22;/h3-4,7,10H,2,5-6,8-9,11-14H2,1H3,(H2,18,20,21);1H. The van der Waals surface area contributed by atoms with E-state index in [1.165, 1.54) is 0 Å². The van der Waals surface area contributed by atoms with Crippen LogP contribution in [0.15, 0.2) is 29.4 Å². The lowest BCUT2D eigenvalue weighted by Crippen LogP contribution is -2.38. The van der Waals surface area contributed by atoms with Gasteiger partial charge in [0, 0.05) is 50.9 Å². The Kier molecular flexibility index (Phi) is 10.4. The number of guanidine groups is 1. The molecule has 1 aromatic heterocycles. The molecule has 0 atom stereocenters. The molecule has 1 aliphatic heterocycles. The lowest BCUT2D eigenvalue weighted by atomic mass is 10.3. The van der Waals surface area contributed by atoms with E-state index in [9.17, 15) is 4.79 Å². The maximum Gasteiger partial charge on any atom is 0.224 e. The Morgan fingerprint density at radius 2 is 2.08 bits per heavy atom. The highest BCUT2D eigenvalue weighted by Gasteiger charge is 2.16. The molecule has 1 amide bonds. The second-order valence-corrected chi connectivity index (χ2v) is 5.60. The van der Waals surface area contributed by atoms with E-state index in [1.54, 1.807) is 6.20 Å². The van der Waals surface area contributed by atoms with Crippen molar-refractivity contribution in [1.82, 2.24) is 20.5 Å². The zero-order chi connectivity index (χ0) is 16.3. The molecule has 6 nitrogen and oxygen atoms in total. The van der Waals surface area contributed by atoms with Gasteiger partial charge in [-0.2, -0.15) is 0 Å². The van der Waals surface area contributed by atoms with E-state index in [-0.39, 0.29) is 29.9 Å². The number of carbonyl (C=O) groups is 1. The topological polar surface area (TPSA) is 69.6 Å². The van der Waals surface area contributed by atoms with E-state index >= 15 is 0 Å². The summed E-state index contributed by atoms with van der Waals surface area (Å²) in [6.07, 6.45) is 5.40. The average Bonchev–Trinajstić information content (AvgIpc) is 3.10. The predicted octanol–water partition coefficient (Wildman–Crippen LogP) is 1.81. The van der Waals surface area contributed by atoms with Crippen LogP contribution in [0.4, 0.5) is 0 Å². The molecule has 0 aliphatic carbocycles. The lowest BCUT2D eigenvalue weighted by Gasteiger charge is -2.15. The summed E-state index contributed by atoms with van der Waals surface area (Å²) >= 11 is 0. The van der Waals surface area contributed by atoms with Gasteiger partial charge in [0.15, 0.2) is 5.96 Å². The average molecular weight is 445 g/mol. The van der Waals surface area contributed by atoms with Gasteiger partial charge in [-0.15, -0.1) is 24.0 Å². The Hall–Kier alpha value is -1.38. The number of hydrogen-bond acceptors (Lipinski definition) is 3. The molecule has 24 heavy (non-hydrogen) atoms. The minimum absolute atomic E-state index is 0. The first kappa shape index (κ1) is 20.7. The van der Waals surface area contributed by atoms with Crippen LogP contribution in [0, 0.1) is 0 Å². The number of likely N-dealkylation sites (tertiary alicyclic amines) is 1. The van der Waals surface area contributed by atoms with Crippen molar-refractivity contribution in [2.75, 3.05) is 32.7 Å². The highest BCUT2D eigenvalue weighted by molar-refractivity contribution is 14.0. The third kappa shape index (κ3) is 7.46. The number of halogens is 1. The molecule has 2 heterocycles. The van der Waals surface area contributed by atoms with Gasteiger partial charge in [-0.1, -0.05) is 6.07 Å². The summed E-state index contributed by atoms with van der Waals surface area (Å²) in [6.45, 7) is 5.94. The second-order valence-electron chi connectivity index (χ2n) is 5.60. The zero-order valence-corrected chi connectivity index (χ0v) is 16.7. The number of nitrogens with zero attached hydrogens (tertiary/aromatic N) is 3. The van der Waals surface area contributed by atoms with Crippen LogP contribution in [0.2, 0.25) is 0 Å². The summed E-state index contributed by atoms with van der Waals surface area (Å²) in [6, 6.07) is 5.92. The Morgan fingerprint density at radius 1 is 1.29 bits per heavy atom. The monoisotopic (exact) mass is 445 g/mol. The molecule has 1 saturated heterocycles. The van der Waals surface area contributed by atoms with Crippen LogP contribution < -0.4 is 10.6 Å². The van der Waals surface area contributed by atoms with Crippen LogP contribution in [-0.2, 0) is 11.2 Å². The van der Waals surface area contributed by atoms with E-state index in [0.29, 0.717) is 13.0 Å². The molecule has 0 unspecified atom stereocenters. The summed E-state index contributed by atoms with van der Waals surface area (Å²) < 4.78 is 0. The van der Waals surface area contributed by atoms with E-state index < -0.39 is 0 Å². The minimum atomic E-state index is 0. The van der Waals surface area contributed by atoms with Crippen molar-refractivity contribution in [3.05, 3.63) is 30.1 Å². The Morgan fingerprint density at radius 3 is 2.75 bits per heavy atom. The van der Waals surface area contributed by atoms with Crippen molar-refractivity contribution >= 4 is 35.8 Å². The van der Waals surface area contributed by atoms with Crippen molar-refractivity contribution in [3.63, 3.8) is 0 Å². The molecule has 134 valence electrons. The van der Waals surface area contributed by atoms with Crippen molar-refractivity contribution in [2.24, 2.45) is 4.99 Å². The number of aliphatic imine (C=N–C) groups is 1. The highest BCUT2D eigenvalue weighted by Crippen LogP contribution is 2.08. The Balaban J connectivity index is 0.00000288. The molecule has 0 aromatic carbocycles. The quantitative estimate of drug-likeness (QED) is 0.382. The van der Waals surface area contributed by atoms with Crippen LogP contribution in [-0.4, -0.2) is 54.5 Å². The first-order valence-electron chi connectivity index (χ1n) is 8.49. The molecule has 1 aromatic rings. The minimum Gasteiger partial charge on any atom is -0.357 e. The Bertz CT molecular complexity index is 503. The van der Waals surface area contributed by atoms with Crippen molar-refractivity contribution in [1.29, 1.82) is 0 Å². The molecule has 0 spiro atoms. The van der Waals surface area contributed by atoms with Gasteiger partial charge in [-0.25, -0.2) is 0 Å². The van der Waals surface area contributed by atoms with Gasteiger partial charge in [0.2, 0.25) is 5.91 Å². The summed E-state index contributed by atoms with van der Waals surface area (Å²) in [5.41, 5.74) is 1.06. The van der Waals surface area contributed by atoms with Gasteiger partial charge in [-0.3, -0.25) is 14.8 Å². The molecule has 0 saturated carbocycles. The van der Waals surface area contributed by atoms with Crippen LogP contribution >= 0.6 is 24.0 Å². The molecular weight excluding hydrogens is 417 g/mol. The highest BCUT2D eigenvalue weighted by atomic mass is 127. The summed E-state index contributed by atoms with van der Waals surface area (Å²) in [5, 5.41) is 6.49. The number of amides is 1. The fourth-order valence-electron chi connectivity index (χ4n) is 2.58. The van der Waals surface area contributed by atoms with Gasteiger partial charge in [0.25, 0.3) is 0 Å². The van der Waals surface area contributed by atoms with Crippen LogP contribution in [0.3, 0.4) is 0 Å². The number of nitrogens with one attached hydrogen (secondary N) is 2. The molecule has 0 radical (unpaired) electrons. The van der Waals surface area contributed by atoms with E-state index in [4.69, 9.17) is 0 Å². The van der Waals surface area contributed by atoms with Crippen LogP contribution in [0.1, 0.15) is 31.9 Å². The smallest absolute Gasteiger partial charge is 0.224 e. The van der Waals surface area contributed by atoms with Crippen LogP contribution in [0.5, 0.6) is 0 Å². The van der Waals surface area contributed by atoms with Crippen LogP contribution in [0.25, 0.3) is 0 Å². The second kappa shape index (κ2) is 12.0. The molecule has 2 N–H and O–H groups in total. The first-order chi connectivity index (χ1) is 11.3. The zero-order valence-electron chi connectivity index (χ0n) is 14.3. The van der Waals surface area contributed by atoms with Gasteiger partial charge < -0.3 is 15.5 Å². The van der Waals surface area contributed by atoms with Gasteiger partial charge >= 0.3 is 0 Å². The summed E-state index contributed by atoms with van der Waals surface area (Å²) in [5.74, 6) is 0.980. The van der Waals surface area contributed by atoms with Crippen molar-refractivity contribution < 1.29 is 4.79 Å². The normalized spacial score (nSPS) is 14.2. The summed E-state index contributed by atoms with van der Waals surface area (Å²) in [7, 11) is 0. The van der Waals surface area contributed by atoms with E-state index in [0.717, 1.165) is 57.1 Å². The SMILES string of the molecule is CCNC(=NCCC(=O)N1CCCC1)NCCc1ccccn1.I. The number of carbonyl (C=O) groups excluding carboxylic acids is 1. The molecular formula is C17H28IN5O. The van der Waals surface area contributed by atoms with E-state index in [1.807, 2.05) is 30.0 Å². The molecule has 0 bridgehead atoms. The summed E-state index contributed by atoms with van der Waals surface area (Å²) in [4.78, 5) is 22.7. The van der Waals surface area contributed by atoms with Crippen molar-refractivity contribution in [2.45, 2.75) is 32.6 Å². The first-order valence-corrected chi connectivity index (χ1v) is 8.49. The molecule has 1 fully saturated rings. The fraction of sp³-hybridized carbons (Fsp3) is 0.588. The molecule has 1 aliphatic rings. The third-order valence-electron chi connectivity index (χ3n) is 3.80. The number of pyridine rings is 1. The number of aromatic nitrogens is 1. The largest absolute Gasteiger partial charge is 0.357 e. The molecule has 2 rings (SSSR count). The number of hydrogen-bond donors (Lipinski definition) is 2. The molecule has 7 heteroatoms. The maximum absolute atomic E-state index is 12.0. The van der Waals surface area contributed by atoms with Crippen molar-refractivity contribution in [3.8, 4) is 0 Å². The third-order valence-corrected chi connectivity index (χ3v) is 3.80. The maximum atomic E-state index is 12.0.